The summed E-state index contributed by atoms with van der Waals surface area (Å²) < 4.78 is 8.77. The Balaban J connectivity index is 1.29. The van der Waals surface area contributed by atoms with Gasteiger partial charge in [-0.3, -0.25) is 0 Å². The number of nitrogens with zero attached hydrogens (tertiary/aromatic N) is 2. The van der Waals surface area contributed by atoms with E-state index >= 15 is 0 Å². The van der Waals surface area contributed by atoms with Gasteiger partial charge in [-0.05, 0) is 128 Å². The van der Waals surface area contributed by atoms with E-state index in [1.165, 1.54) is 44.1 Å². The van der Waals surface area contributed by atoms with Gasteiger partial charge >= 0.3 is 5.97 Å². The molecule has 1 aromatic heterocycles. The fraction of sp³-hybridized carbons (Fsp3) is 0.386. The molecular formula is C44H51ClN2O4. The molecule has 1 saturated heterocycles. The van der Waals surface area contributed by atoms with Gasteiger partial charge in [0.05, 0.1) is 11.3 Å². The predicted octanol–water partition coefficient (Wildman–Crippen LogP) is 11.7. The topological polar surface area (TPSA) is 74.9 Å². The summed E-state index contributed by atoms with van der Waals surface area (Å²) in [5.74, 6) is -0.145. The molecular weight excluding hydrogens is 656 g/mol. The Labute approximate surface area is 307 Å². The van der Waals surface area contributed by atoms with Crippen molar-refractivity contribution in [2.45, 2.75) is 104 Å². The third kappa shape index (κ3) is 8.45. The highest BCUT2D eigenvalue weighted by molar-refractivity contribution is 6.30. The first kappa shape index (κ1) is 36.5. The summed E-state index contributed by atoms with van der Waals surface area (Å²) in [5, 5.41) is 22.2. The lowest BCUT2D eigenvalue weighted by molar-refractivity contribution is 0.0697. The van der Waals surface area contributed by atoms with Gasteiger partial charge < -0.3 is 24.4 Å². The molecule has 6 nitrogen and oxygen atoms in total. The molecule has 0 spiro atoms. The molecule has 1 aliphatic heterocycles. The highest BCUT2D eigenvalue weighted by atomic mass is 35.5. The Morgan fingerprint density at radius 2 is 1.59 bits per heavy atom. The number of rotatable bonds is 16. The number of hydrogen-bond donors (Lipinski definition) is 2. The highest BCUT2D eigenvalue weighted by Gasteiger charge is 2.24. The Morgan fingerprint density at radius 1 is 0.882 bits per heavy atom. The van der Waals surface area contributed by atoms with Crippen LogP contribution in [0.2, 0.25) is 5.02 Å². The maximum Gasteiger partial charge on any atom is 0.335 e. The standard InChI is InChI=1S/C44H51ClN2O4/c1-4-5-6-7-8-9-10-12-40-39-24-18-33(44(49)50)28-41(39)47(30(2)3)43(40)32-16-22-37(23-17-32)51-29-34-27-36(46-26-11-13-42(46)48)21-25-38(34)31-14-19-35(45)20-15-31/h14-25,27-28,30,42,48H,4-13,26,29H2,1-3H3,(H,49,50). The van der Waals surface area contributed by atoms with E-state index < -0.39 is 12.2 Å². The molecule has 1 fully saturated rings. The van der Waals surface area contributed by atoms with E-state index in [9.17, 15) is 15.0 Å². The Morgan fingerprint density at radius 3 is 2.25 bits per heavy atom. The Bertz CT molecular complexity index is 1930. The fourth-order valence-electron chi connectivity index (χ4n) is 7.58. The minimum Gasteiger partial charge on any atom is -0.489 e. The molecule has 4 aromatic carbocycles. The van der Waals surface area contributed by atoms with E-state index in [2.05, 4.69) is 60.6 Å². The van der Waals surface area contributed by atoms with Gasteiger partial charge in [-0.25, -0.2) is 4.79 Å². The Kier molecular flexibility index (Phi) is 12.1. The normalized spacial score (nSPS) is 14.5. The van der Waals surface area contributed by atoms with Crippen LogP contribution < -0.4 is 9.64 Å². The number of aliphatic hydroxyl groups is 1. The third-order valence-corrected chi connectivity index (χ3v) is 10.5. The molecule has 2 heterocycles. The molecule has 0 bridgehead atoms. The molecule has 0 radical (unpaired) electrons. The van der Waals surface area contributed by atoms with Gasteiger partial charge in [-0.15, -0.1) is 0 Å². The minimum absolute atomic E-state index is 0.137. The number of aryl methyl sites for hydroxylation is 1. The Hall–Kier alpha value is -4.26. The molecule has 2 N–H and O–H groups in total. The van der Waals surface area contributed by atoms with Crippen molar-refractivity contribution >= 4 is 34.2 Å². The van der Waals surface area contributed by atoms with Crippen molar-refractivity contribution in [3.8, 4) is 28.1 Å². The van der Waals surface area contributed by atoms with Crippen molar-refractivity contribution in [3.05, 3.63) is 107 Å². The number of fused-ring (bicyclic) bond motifs is 1. The summed E-state index contributed by atoms with van der Waals surface area (Å²) >= 11 is 6.21. The lowest BCUT2D eigenvalue weighted by Crippen LogP contribution is -2.28. The van der Waals surface area contributed by atoms with Gasteiger partial charge in [0.2, 0.25) is 0 Å². The number of halogens is 1. The number of benzene rings is 4. The number of carboxylic acids is 1. The summed E-state index contributed by atoms with van der Waals surface area (Å²) in [6.45, 7) is 7.77. The van der Waals surface area contributed by atoms with E-state index in [1.807, 2.05) is 48.5 Å². The van der Waals surface area contributed by atoms with Crippen LogP contribution in [-0.2, 0) is 13.0 Å². The van der Waals surface area contributed by atoms with Crippen LogP contribution in [0.4, 0.5) is 5.69 Å². The van der Waals surface area contributed by atoms with E-state index in [0.29, 0.717) is 17.2 Å². The molecule has 1 atom stereocenters. The van der Waals surface area contributed by atoms with Gasteiger partial charge in [-0.2, -0.15) is 0 Å². The monoisotopic (exact) mass is 706 g/mol. The number of hydrogen-bond acceptors (Lipinski definition) is 4. The molecule has 7 heteroatoms. The molecule has 0 amide bonds. The van der Waals surface area contributed by atoms with Gasteiger partial charge in [0, 0.05) is 34.2 Å². The quantitative estimate of drug-likeness (QED) is 0.0999. The average Bonchev–Trinajstić information content (AvgIpc) is 3.71. The second-order valence-corrected chi connectivity index (χ2v) is 14.6. The van der Waals surface area contributed by atoms with Gasteiger partial charge in [0.25, 0.3) is 0 Å². The van der Waals surface area contributed by atoms with Crippen LogP contribution in [0.25, 0.3) is 33.3 Å². The maximum atomic E-state index is 12.0. The van der Waals surface area contributed by atoms with Crippen molar-refractivity contribution < 1.29 is 19.7 Å². The van der Waals surface area contributed by atoms with E-state index in [0.717, 1.165) is 82.5 Å². The number of anilines is 1. The zero-order valence-corrected chi connectivity index (χ0v) is 31.0. The van der Waals surface area contributed by atoms with Crippen molar-refractivity contribution in [2.75, 3.05) is 11.4 Å². The molecule has 1 unspecified atom stereocenters. The molecule has 6 rings (SSSR count). The summed E-state index contributed by atoms with van der Waals surface area (Å²) in [4.78, 5) is 14.0. The first-order valence-corrected chi connectivity index (χ1v) is 19.1. The minimum atomic E-state index is -0.911. The molecule has 0 aliphatic carbocycles. The van der Waals surface area contributed by atoms with Crippen LogP contribution in [0.5, 0.6) is 5.75 Å². The van der Waals surface area contributed by atoms with Gasteiger partial charge in [0.15, 0.2) is 0 Å². The summed E-state index contributed by atoms with van der Waals surface area (Å²) in [7, 11) is 0. The zero-order chi connectivity index (χ0) is 35.9. The van der Waals surface area contributed by atoms with E-state index in [4.69, 9.17) is 16.3 Å². The number of carbonyl (C=O) groups is 1. The van der Waals surface area contributed by atoms with Crippen LogP contribution in [0.1, 0.15) is 106 Å². The smallest absolute Gasteiger partial charge is 0.335 e. The van der Waals surface area contributed by atoms with Crippen molar-refractivity contribution in [3.63, 3.8) is 0 Å². The predicted molar refractivity (Wildman–Crippen MR) is 210 cm³/mol. The second-order valence-electron chi connectivity index (χ2n) is 14.2. The van der Waals surface area contributed by atoms with Crippen LogP contribution >= 0.6 is 11.6 Å². The average molecular weight is 707 g/mol. The molecule has 1 aliphatic rings. The van der Waals surface area contributed by atoms with Crippen LogP contribution in [-0.4, -0.2) is 33.5 Å². The van der Waals surface area contributed by atoms with Crippen molar-refractivity contribution in [2.24, 2.45) is 0 Å². The number of carboxylic acid groups (broad SMARTS) is 1. The largest absolute Gasteiger partial charge is 0.489 e. The van der Waals surface area contributed by atoms with Crippen LogP contribution in [0, 0.1) is 0 Å². The van der Waals surface area contributed by atoms with Gasteiger partial charge in [-0.1, -0.05) is 81.3 Å². The summed E-state index contributed by atoms with van der Waals surface area (Å²) in [6.07, 6.45) is 10.9. The lowest BCUT2D eigenvalue weighted by Gasteiger charge is -2.24. The number of ether oxygens (including phenoxy) is 1. The van der Waals surface area contributed by atoms with E-state index in [-0.39, 0.29) is 6.04 Å². The van der Waals surface area contributed by atoms with Crippen LogP contribution in [0.15, 0.2) is 84.9 Å². The van der Waals surface area contributed by atoms with Crippen LogP contribution in [0.3, 0.4) is 0 Å². The number of aromatic nitrogens is 1. The van der Waals surface area contributed by atoms with Crippen molar-refractivity contribution in [1.82, 2.24) is 4.57 Å². The first-order chi connectivity index (χ1) is 24.7. The van der Waals surface area contributed by atoms with Gasteiger partial charge in [0.1, 0.15) is 18.6 Å². The SMILES string of the molecule is CCCCCCCCCc1c(-c2ccc(OCc3cc(N4CCCC4O)ccc3-c3ccc(Cl)cc3)cc2)n(C(C)C)c2cc(C(=O)O)ccc12. The van der Waals surface area contributed by atoms with E-state index in [1.54, 1.807) is 6.07 Å². The summed E-state index contributed by atoms with van der Waals surface area (Å²) in [6, 6.07) is 28.2. The zero-order valence-electron chi connectivity index (χ0n) is 30.2. The third-order valence-electron chi connectivity index (χ3n) is 10.2. The fourth-order valence-corrected chi connectivity index (χ4v) is 7.71. The number of aromatic carboxylic acids is 1. The maximum absolute atomic E-state index is 12.0. The first-order valence-electron chi connectivity index (χ1n) is 18.7. The second kappa shape index (κ2) is 16.8. The molecule has 5 aromatic rings. The molecule has 51 heavy (non-hydrogen) atoms. The molecule has 0 saturated carbocycles. The number of aliphatic hydroxyl groups excluding tert-OH is 1. The highest BCUT2D eigenvalue weighted by Crippen LogP contribution is 2.39. The number of unbranched alkanes of at least 4 members (excludes halogenated alkanes) is 6. The lowest BCUT2D eigenvalue weighted by atomic mass is 9.98. The van der Waals surface area contributed by atoms with Crippen molar-refractivity contribution in [1.29, 1.82) is 0 Å². The summed E-state index contributed by atoms with van der Waals surface area (Å²) in [5.41, 5.74) is 8.96. The molecule has 268 valence electrons.